The summed E-state index contributed by atoms with van der Waals surface area (Å²) in [7, 11) is -1.66. The highest BCUT2D eigenvalue weighted by atomic mass is 35.5. The molecule has 7 heteroatoms. The van der Waals surface area contributed by atoms with Crippen molar-refractivity contribution in [1.29, 1.82) is 5.26 Å². The molecule has 1 atom stereocenters. The minimum atomic E-state index is -3.66. The van der Waals surface area contributed by atoms with Crippen molar-refractivity contribution in [3.05, 3.63) is 65.7 Å². The summed E-state index contributed by atoms with van der Waals surface area (Å²) in [5.74, 6) is 0. The van der Waals surface area contributed by atoms with E-state index in [9.17, 15) is 8.42 Å². The standard InChI is InChI=1S/C18H19N3O2S.ClH/c1-20-10-11-21(18(14-20)16-7-3-2-4-8-16)24(22,23)17-9-5-6-15(12-17)13-19;/h2-9,12,18H,10-11,14H2,1H3;1H/p-1. The van der Waals surface area contributed by atoms with Crippen LogP contribution in [0, 0.1) is 11.3 Å². The number of sulfonamides is 1. The van der Waals surface area contributed by atoms with E-state index in [4.69, 9.17) is 5.26 Å². The summed E-state index contributed by atoms with van der Waals surface area (Å²) >= 11 is 0. The molecule has 0 spiro atoms. The van der Waals surface area contributed by atoms with Crippen LogP contribution in [0.1, 0.15) is 17.2 Å². The van der Waals surface area contributed by atoms with Crippen LogP contribution in [0.3, 0.4) is 0 Å². The smallest absolute Gasteiger partial charge is 0.243 e. The summed E-state index contributed by atoms with van der Waals surface area (Å²) in [6, 6.07) is 17.7. The van der Waals surface area contributed by atoms with Crippen molar-refractivity contribution in [3.8, 4) is 6.07 Å². The molecule has 1 heterocycles. The normalized spacial score (nSPS) is 19.0. The van der Waals surface area contributed by atoms with Crippen molar-refractivity contribution >= 4 is 10.0 Å². The highest BCUT2D eigenvalue weighted by Crippen LogP contribution is 2.30. The molecule has 0 saturated carbocycles. The second-order valence-corrected chi connectivity index (χ2v) is 7.83. The SMILES string of the molecule is CN1CCN(S(=O)(=O)c2cccc(C#N)c2)C(c2ccccc2)C1.[Cl-]. The molecule has 1 aliphatic rings. The van der Waals surface area contributed by atoms with Gasteiger partial charge in [-0.05, 0) is 30.8 Å². The summed E-state index contributed by atoms with van der Waals surface area (Å²) < 4.78 is 27.8. The summed E-state index contributed by atoms with van der Waals surface area (Å²) in [5, 5.41) is 9.04. The zero-order valence-electron chi connectivity index (χ0n) is 13.8. The van der Waals surface area contributed by atoms with Crippen LogP contribution in [0.25, 0.3) is 0 Å². The number of halogens is 1. The first-order chi connectivity index (χ1) is 11.5. The topological polar surface area (TPSA) is 64.4 Å². The Morgan fingerprint density at radius 2 is 1.80 bits per heavy atom. The fourth-order valence-corrected chi connectivity index (χ4v) is 4.64. The summed E-state index contributed by atoms with van der Waals surface area (Å²) in [5.41, 5.74) is 1.32. The molecule has 2 aromatic carbocycles. The molecule has 25 heavy (non-hydrogen) atoms. The van der Waals surface area contributed by atoms with E-state index < -0.39 is 10.0 Å². The van der Waals surface area contributed by atoms with E-state index in [0.717, 1.165) is 5.56 Å². The third kappa shape index (κ3) is 4.02. The Bertz CT molecular complexity index is 865. The minimum Gasteiger partial charge on any atom is -1.00 e. The van der Waals surface area contributed by atoms with Gasteiger partial charge in [0.2, 0.25) is 10.0 Å². The van der Waals surface area contributed by atoms with Crippen molar-refractivity contribution in [1.82, 2.24) is 9.21 Å². The molecule has 0 aliphatic carbocycles. The molecule has 5 nitrogen and oxygen atoms in total. The summed E-state index contributed by atoms with van der Waals surface area (Å²) in [6.45, 7) is 1.75. The van der Waals surface area contributed by atoms with E-state index >= 15 is 0 Å². The van der Waals surface area contributed by atoms with Crippen molar-refractivity contribution in [3.63, 3.8) is 0 Å². The fraction of sp³-hybridized carbons (Fsp3) is 0.278. The van der Waals surface area contributed by atoms with Gasteiger partial charge in [0.25, 0.3) is 0 Å². The average Bonchev–Trinajstić information content (AvgIpc) is 2.62. The van der Waals surface area contributed by atoms with Gasteiger partial charge in [-0.3, -0.25) is 0 Å². The van der Waals surface area contributed by atoms with Gasteiger partial charge in [0.05, 0.1) is 22.6 Å². The van der Waals surface area contributed by atoms with Crippen LogP contribution in [0.4, 0.5) is 0 Å². The molecule has 0 radical (unpaired) electrons. The lowest BCUT2D eigenvalue weighted by molar-refractivity contribution is -0.00000794. The first-order valence-electron chi connectivity index (χ1n) is 7.78. The minimum absolute atomic E-state index is 0. The Hall–Kier alpha value is -1.91. The number of hydrogen-bond donors (Lipinski definition) is 0. The van der Waals surface area contributed by atoms with Gasteiger partial charge >= 0.3 is 0 Å². The molecule has 132 valence electrons. The maximum atomic E-state index is 13.1. The lowest BCUT2D eigenvalue weighted by Gasteiger charge is -2.39. The van der Waals surface area contributed by atoms with Crippen molar-refractivity contribution < 1.29 is 20.8 Å². The maximum Gasteiger partial charge on any atom is 0.243 e. The van der Waals surface area contributed by atoms with E-state index in [2.05, 4.69) is 4.90 Å². The third-order valence-electron chi connectivity index (χ3n) is 4.29. The molecular weight excluding hydrogens is 358 g/mol. The Balaban J connectivity index is 0.00000225. The van der Waals surface area contributed by atoms with Crippen LogP contribution >= 0.6 is 0 Å². The van der Waals surface area contributed by atoms with Crippen molar-refractivity contribution in [2.45, 2.75) is 10.9 Å². The van der Waals surface area contributed by atoms with Gasteiger partial charge in [0, 0.05) is 19.6 Å². The predicted octanol–water partition coefficient (Wildman–Crippen LogP) is -0.760. The Labute approximate surface area is 154 Å². The number of piperazine rings is 1. The monoisotopic (exact) mass is 376 g/mol. The number of benzene rings is 2. The number of nitrogens with zero attached hydrogens (tertiary/aromatic N) is 3. The second-order valence-electron chi connectivity index (χ2n) is 5.94. The average molecular weight is 377 g/mol. The molecule has 1 saturated heterocycles. The number of rotatable bonds is 3. The van der Waals surface area contributed by atoms with E-state index in [-0.39, 0.29) is 23.3 Å². The van der Waals surface area contributed by atoms with Gasteiger partial charge in [-0.25, -0.2) is 8.42 Å². The summed E-state index contributed by atoms with van der Waals surface area (Å²) in [6.07, 6.45) is 0. The molecule has 3 rings (SSSR count). The molecule has 0 aromatic heterocycles. The Morgan fingerprint density at radius 3 is 2.48 bits per heavy atom. The van der Waals surface area contributed by atoms with E-state index in [1.807, 2.05) is 43.4 Å². The summed E-state index contributed by atoms with van der Waals surface area (Å²) in [4.78, 5) is 2.31. The molecule has 1 aliphatic heterocycles. The van der Waals surface area contributed by atoms with Crippen LogP contribution in [-0.2, 0) is 10.0 Å². The second kappa shape index (κ2) is 7.98. The Morgan fingerprint density at radius 1 is 1.08 bits per heavy atom. The van der Waals surface area contributed by atoms with Crippen LogP contribution in [0.15, 0.2) is 59.5 Å². The van der Waals surface area contributed by atoms with Crippen LogP contribution in [-0.4, -0.2) is 44.3 Å². The first-order valence-corrected chi connectivity index (χ1v) is 9.22. The van der Waals surface area contributed by atoms with Crippen LogP contribution < -0.4 is 12.4 Å². The highest BCUT2D eigenvalue weighted by molar-refractivity contribution is 7.89. The lowest BCUT2D eigenvalue weighted by Crippen LogP contribution is -3.00. The third-order valence-corrected chi connectivity index (χ3v) is 6.19. The number of likely N-dealkylation sites (N-methyl/N-ethyl adjacent to an activating group) is 1. The molecule has 0 N–H and O–H groups in total. The number of nitriles is 1. The lowest BCUT2D eigenvalue weighted by atomic mass is 10.1. The molecule has 0 bridgehead atoms. The Kier molecular flexibility index (Phi) is 6.20. The fourth-order valence-electron chi connectivity index (χ4n) is 3.00. The predicted molar refractivity (Wildman–Crippen MR) is 91.7 cm³/mol. The zero-order chi connectivity index (χ0) is 17.2. The van der Waals surface area contributed by atoms with Crippen LogP contribution in [0.2, 0.25) is 0 Å². The molecular formula is C18H19ClN3O2S-. The van der Waals surface area contributed by atoms with Gasteiger partial charge < -0.3 is 17.3 Å². The number of hydrogen-bond acceptors (Lipinski definition) is 4. The molecule has 1 unspecified atom stereocenters. The van der Waals surface area contributed by atoms with Gasteiger partial charge in [0.1, 0.15) is 0 Å². The van der Waals surface area contributed by atoms with E-state index in [1.54, 1.807) is 22.5 Å². The molecule has 0 amide bonds. The van der Waals surface area contributed by atoms with E-state index in [1.165, 1.54) is 6.07 Å². The van der Waals surface area contributed by atoms with Gasteiger partial charge in [-0.2, -0.15) is 9.57 Å². The first kappa shape index (κ1) is 19.4. The molecule has 1 fully saturated rings. The quantitative estimate of drug-likeness (QED) is 0.706. The van der Waals surface area contributed by atoms with Crippen molar-refractivity contribution in [2.75, 3.05) is 26.7 Å². The molecule has 2 aromatic rings. The largest absolute Gasteiger partial charge is 1.00 e. The van der Waals surface area contributed by atoms with E-state index in [0.29, 0.717) is 25.2 Å². The van der Waals surface area contributed by atoms with Gasteiger partial charge in [-0.1, -0.05) is 36.4 Å². The highest BCUT2D eigenvalue weighted by Gasteiger charge is 2.36. The zero-order valence-corrected chi connectivity index (χ0v) is 15.4. The van der Waals surface area contributed by atoms with Gasteiger partial charge in [0.15, 0.2) is 0 Å². The van der Waals surface area contributed by atoms with Crippen molar-refractivity contribution in [2.24, 2.45) is 0 Å². The van der Waals surface area contributed by atoms with Gasteiger partial charge in [-0.15, -0.1) is 0 Å². The van der Waals surface area contributed by atoms with Crippen LogP contribution in [0.5, 0.6) is 0 Å². The maximum absolute atomic E-state index is 13.1.